The zero-order valence-corrected chi connectivity index (χ0v) is 10.2. The Morgan fingerprint density at radius 3 is 2.71 bits per heavy atom. The molecule has 90 valence electrons. The van der Waals surface area contributed by atoms with E-state index in [1.54, 1.807) is 0 Å². The van der Waals surface area contributed by atoms with Crippen molar-refractivity contribution >= 4 is 0 Å². The summed E-state index contributed by atoms with van der Waals surface area (Å²) in [6.07, 6.45) is 5.00. The van der Waals surface area contributed by atoms with E-state index in [0.717, 1.165) is 18.7 Å². The van der Waals surface area contributed by atoms with Crippen LogP contribution in [0.1, 0.15) is 30.5 Å². The minimum absolute atomic E-state index is 0.515. The lowest BCUT2D eigenvalue weighted by atomic mass is 9.98. The van der Waals surface area contributed by atoms with Crippen LogP contribution in [0.3, 0.4) is 0 Å². The summed E-state index contributed by atoms with van der Waals surface area (Å²) in [6, 6.07) is 10.6. The van der Waals surface area contributed by atoms with Gasteiger partial charge in [-0.15, -0.1) is 0 Å². The average molecular weight is 229 g/mol. The number of nitrogens with zero attached hydrogens (tertiary/aromatic N) is 2. The molecule has 1 aromatic carbocycles. The van der Waals surface area contributed by atoms with Crippen molar-refractivity contribution < 1.29 is 0 Å². The van der Waals surface area contributed by atoms with Crippen LogP contribution in [0.15, 0.2) is 42.9 Å². The smallest absolute Gasteiger partial charge is 0.0949 e. The van der Waals surface area contributed by atoms with Crippen molar-refractivity contribution in [2.75, 3.05) is 0 Å². The highest BCUT2D eigenvalue weighted by molar-refractivity contribution is 5.18. The van der Waals surface area contributed by atoms with Crippen LogP contribution in [0.2, 0.25) is 0 Å². The molecule has 3 nitrogen and oxygen atoms in total. The molecule has 0 saturated carbocycles. The molecule has 0 aliphatic rings. The van der Waals surface area contributed by atoms with E-state index >= 15 is 0 Å². The summed E-state index contributed by atoms with van der Waals surface area (Å²) >= 11 is 0. The average Bonchev–Trinajstić information content (AvgIpc) is 2.85. The van der Waals surface area contributed by atoms with Crippen LogP contribution in [0, 0.1) is 0 Å². The number of imidazole rings is 1. The van der Waals surface area contributed by atoms with Crippen LogP contribution in [-0.2, 0) is 13.1 Å². The maximum atomic E-state index is 5.53. The van der Waals surface area contributed by atoms with Crippen LogP contribution < -0.4 is 5.73 Å². The summed E-state index contributed by atoms with van der Waals surface area (Å²) < 4.78 is 2.11. The molecule has 1 unspecified atom stereocenters. The first-order chi connectivity index (χ1) is 8.29. The largest absolute Gasteiger partial charge is 0.337 e. The zero-order chi connectivity index (χ0) is 12.1. The van der Waals surface area contributed by atoms with Gasteiger partial charge in [0.2, 0.25) is 0 Å². The van der Waals surface area contributed by atoms with Gasteiger partial charge in [-0.2, -0.15) is 0 Å². The topological polar surface area (TPSA) is 43.8 Å². The van der Waals surface area contributed by atoms with Crippen molar-refractivity contribution in [3.63, 3.8) is 0 Å². The fraction of sp³-hybridized carbons (Fsp3) is 0.357. The molecule has 0 fully saturated rings. The summed E-state index contributed by atoms with van der Waals surface area (Å²) in [7, 11) is 0. The van der Waals surface area contributed by atoms with E-state index in [0.29, 0.717) is 12.5 Å². The third kappa shape index (κ3) is 3.17. The molecule has 0 radical (unpaired) electrons. The lowest BCUT2D eigenvalue weighted by Gasteiger charge is -2.11. The SMILES string of the molecule is CC(CCn1cnc(CN)c1)c1ccccc1. The molecule has 1 atom stereocenters. The van der Waals surface area contributed by atoms with Crippen molar-refractivity contribution in [3.05, 3.63) is 54.1 Å². The predicted octanol–water partition coefficient (Wildman–Crippen LogP) is 2.54. The van der Waals surface area contributed by atoms with Crippen LogP contribution in [-0.4, -0.2) is 9.55 Å². The Hall–Kier alpha value is -1.61. The summed E-state index contributed by atoms with van der Waals surface area (Å²) in [5.74, 6) is 0.569. The van der Waals surface area contributed by atoms with Gasteiger partial charge in [0.15, 0.2) is 0 Å². The fourth-order valence-corrected chi connectivity index (χ4v) is 1.93. The van der Waals surface area contributed by atoms with Gasteiger partial charge >= 0.3 is 0 Å². The van der Waals surface area contributed by atoms with Gasteiger partial charge in [-0.1, -0.05) is 37.3 Å². The highest BCUT2D eigenvalue weighted by Gasteiger charge is 2.05. The Bertz CT molecular complexity index is 448. The van der Waals surface area contributed by atoms with Gasteiger partial charge in [0.05, 0.1) is 12.0 Å². The van der Waals surface area contributed by atoms with Crippen molar-refractivity contribution in [1.82, 2.24) is 9.55 Å². The van der Waals surface area contributed by atoms with Crippen molar-refractivity contribution in [2.45, 2.75) is 32.4 Å². The first-order valence-electron chi connectivity index (χ1n) is 6.05. The number of aromatic nitrogens is 2. The standard InChI is InChI=1S/C14H19N3/c1-12(13-5-3-2-4-6-13)7-8-17-10-14(9-15)16-11-17/h2-6,10-12H,7-9,15H2,1H3. The minimum Gasteiger partial charge on any atom is -0.337 e. The molecule has 3 heteroatoms. The maximum absolute atomic E-state index is 5.53. The van der Waals surface area contributed by atoms with Gasteiger partial charge in [0, 0.05) is 19.3 Å². The van der Waals surface area contributed by atoms with Crippen LogP contribution in [0.25, 0.3) is 0 Å². The van der Waals surface area contributed by atoms with Gasteiger partial charge in [0.25, 0.3) is 0 Å². The van der Waals surface area contributed by atoms with E-state index in [4.69, 9.17) is 5.73 Å². The van der Waals surface area contributed by atoms with Crippen LogP contribution in [0.5, 0.6) is 0 Å². The van der Waals surface area contributed by atoms with Crippen molar-refractivity contribution in [1.29, 1.82) is 0 Å². The molecule has 0 amide bonds. The minimum atomic E-state index is 0.515. The maximum Gasteiger partial charge on any atom is 0.0949 e. The molecule has 1 aromatic heterocycles. The number of hydrogen-bond acceptors (Lipinski definition) is 2. The number of aryl methyl sites for hydroxylation is 1. The Balaban J connectivity index is 1.90. The first-order valence-corrected chi connectivity index (χ1v) is 6.05. The third-order valence-electron chi connectivity index (χ3n) is 3.08. The van der Waals surface area contributed by atoms with E-state index in [2.05, 4.69) is 46.8 Å². The molecule has 2 N–H and O–H groups in total. The second-order valence-electron chi connectivity index (χ2n) is 4.41. The van der Waals surface area contributed by atoms with Gasteiger partial charge in [0.1, 0.15) is 0 Å². The second-order valence-corrected chi connectivity index (χ2v) is 4.41. The normalized spacial score (nSPS) is 12.6. The molecule has 0 aliphatic carbocycles. The summed E-state index contributed by atoms with van der Waals surface area (Å²) in [5.41, 5.74) is 7.89. The fourth-order valence-electron chi connectivity index (χ4n) is 1.93. The van der Waals surface area contributed by atoms with Gasteiger partial charge in [-0.3, -0.25) is 0 Å². The molecule has 0 spiro atoms. The number of rotatable bonds is 5. The quantitative estimate of drug-likeness (QED) is 0.856. The second kappa shape index (κ2) is 5.64. The molecule has 0 saturated heterocycles. The van der Waals surface area contributed by atoms with Crippen LogP contribution >= 0.6 is 0 Å². The summed E-state index contributed by atoms with van der Waals surface area (Å²) in [6.45, 7) is 3.76. The lowest BCUT2D eigenvalue weighted by molar-refractivity contribution is 0.575. The first kappa shape index (κ1) is 11.9. The molecule has 2 aromatic rings. The molecule has 0 aliphatic heterocycles. The Morgan fingerprint density at radius 2 is 2.06 bits per heavy atom. The number of benzene rings is 1. The Kier molecular flexibility index (Phi) is 3.94. The van der Waals surface area contributed by atoms with E-state index < -0.39 is 0 Å². The van der Waals surface area contributed by atoms with Gasteiger partial charge < -0.3 is 10.3 Å². The van der Waals surface area contributed by atoms with Crippen molar-refractivity contribution in [3.8, 4) is 0 Å². The van der Waals surface area contributed by atoms with Gasteiger partial charge in [-0.25, -0.2) is 4.98 Å². The molecule has 2 rings (SSSR count). The highest BCUT2D eigenvalue weighted by atomic mass is 15.0. The molecular weight excluding hydrogens is 210 g/mol. The zero-order valence-electron chi connectivity index (χ0n) is 10.2. The lowest BCUT2D eigenvalue weighted by Crippen LogP contribution is -2.01. The number of nitrogens with two attached hydrogens (primary N) is 1. The number of hydrogen-bond donors (Lipinski definition) is 1. The van der Waals surface area contributed by atoms with E-state index in [9.17, 15) is 0 Å². The van der Waals surface area contributed by atoms with Crippen LogP contribution in [0.4, 0.5) is 0 Å². The molecule has 17 heavy (non-hydrogen) atoms. The molecule has 1 heterocycles. The van der Waals surface area contributed by atoms with Crippen molar-refractivity contribution in [2.24, 2.45) is 5.73 Å². The Labute approximate surface area is 102 Å². The summed E-state index contributed by atoms with van der Waals surface area (Å²) in [5, 5.41) is 0. The monoisotopic (exact) mass is 229 g/mol. The third-order valence-corrected chi connectivity index (χ3v) is 3.08. The highest BCUT2D eigenvalue weighted by Crippen LogP contribution is 2.19. The van der Waals surface area contributed by atoms with E-state index in [1.807, 2.05) is 12.5 Å². The molecular formula is C14H19N3. The van der Waals surface area contributed by atoms with E-state index in [-0.39, 0.29) is 0 Å². The van der Waals surface area contributed by atoms with E-state index in [1.165, 1.54) is 5.56 Å². The predicted molar refractivity (Wildman–Crippen MR) is 69.6 cm³/mol. The Morgan fingerprint density at radius 1 is 1.29 bits per heavy atom. The summed E-state index contributed by atoms with van der Waals surface area (Å²) in [4.78, 5) is 4.22. The van der Waals surface area contributed by atoms with Gasteiger partial charge in [-0.05, 0) is 17.9 Å². The molecule has 0 bridgehead atoms.